The van der Waals surface area contributed by atoms with Gasteiger partial charge in [-0.3, -0.25) is 4.79 Å². The molecular weight excluding hydrogens is 204 g/mol. The van der Waals surface area contributed by atoms with E-state index in [4.69, 9.17) is 4.74 Å². The van der Waals surface area contributed by atoms with Gasteiger partial charge in [0.25, 0.3) is 0 Å². The zero-order chi connectivity index (χ0) is 12.0. The van der Waals surface area contributed by atoms with Gasteiger partial charge in [-0.1, -0.05) is 6.92 Å². The molecule has 0 saturated carbocycles. The Balaban J connectivity index is 2.32. The predicted octanol–water partition coefficient (Wildman–Crippen LogP) is 0.823. The Labute approximate surface area is 98.5 Å². The highest BCUT2D eigenvalue weighted by atomic mass is 16.5. The summed E-state index contributed by atoms with van der Waals surface area (Å²) in [6, 6.07) is 0. The maximum Gasteiger partial charge on any atom is 0.309 e. The van der Waals surface area contributed by atoms with E-state index in [-0.39, 0.29) is 11.9 Å². The summed E-state index contributed by atoms with van der Waals surface area (Å²) >= 11 is 0. The number of hydrogen-bond acceptors (Lipinski definition) is 4. The molecule has 94 valence electrons. The molecule has 1 atom stereocenters. The van der Waals surface area contributed by atoms with Crippen molar-refractivity contribution >= 4 is 5.97 Å². The molecule has 1 saturated heterocycles. The van der Waals surface area contributed by atoms with Crippen LogP contribution in [0.3, 0.4) is 0 Å². The summed E-state index contributed by atoms with van der Waals surface area (Å²) in [6.45, 7) is 9.50. The molecule has 0 aliphatic carbocycles. The van der Waals surface area contributed by atoms with Crippen molar-refractivity contribution in [3.8, 4) is 0 Å². The third-order valence-electron chi connectivity index (χ3n) is 3.03. The molecule has 1 fully saturated rings. The van der Waals surface area contributed by atoms with Crippen molar-refractivity contribution in [2.75, 3.05) is 46.4 Å². The predicted molar refractivity (Wildman–Crippen MR) is 64.4 cm³/mol. The summed E-state index contributed by atoms with van der Waals surface area (Å²) in [5.74, 6) is -0.0801. The second-order valence-electron chi connectivity index (χ2n) is 4.61. The van der Waals surface area contributed by atoms with Crippen LogP contribution in [-0.2, 0) is 9.53 Å². The number of likely N-dealkylation sites (N-methyl/N-ethyl adjacent to an activating group) is 1. The molecule has 0 amide bonds. The molecule has 0 N–H and O–H groups in total. The number of carbonyl (C=O) groups is 1. The fourth-order valence-corrected chi connectivity index (χ4v) is 2.03. The molecule has 1 aliphatic heterocycles. The number of hydrogen-bond donors (Lipinski definition) is 0. The standard InChI is InChI=1S/C12H24N2O2/c1-4-16-12(15)11(2)10-14-7-5-6-13(3)8-9-14/h11H,4-10H2,1-3H3. The minimum absolute atomic E-state index is 0.0108. The number of nitrogens with zero attached hydrogens (tertiary/aromatic N) is 2. The molecule has 0 aromatic rings. The van der Waals surface area contributed by atoms with E-state index in [1.165, 1.54) is 6.42 Å². The van der Waals surface area contributed by atoms with Crippen LogP contribution in [0.2, 0.25) is 0 Å². The molecule has 1 aliphatic rings. The second-order valence-corrected chi connectivity index (χ2v) is 4.61. The van der Waals surface area contributed by atoms with Crippen molar-refractivity contribution in [1.29, 1.82) is 0 Å². The molecule has 4 nitrogen and oxygen atoms in total. The highest BCUT2D eigenvalue weighted by Gasteiger charge is 2.19. The van der Waals surface area contributed by atoms with Crippen LogP contribution in [0, 0.1) is 5.92 Å². The normalized spacial score (nSPS) is 21.4. The van der Waals surface area contributed by atoms with Gasteiger partial charge in [0.1, 0.15) is 0 Å². The number of rotatable bonds is 4. The highest BCUT2D eigenvalue weighted by Crippen LogP contribution is 2.06. The van der Waals surface area contributed by atoms with Crippen LogP contribution in [0.4, 0.5) is 0 Å². The lowest BCUT2D eigenvalue weighted by atomic mass is 10.1. The van der Waals surface area contributed by atoms with Crippen LogP contribution in [0.1, 0.15) is 20.3 Å². The number of esters is 1. The van der Waals surface area contributed by atoms with Crippen LogP contribution < -0.4 is 0 Å². The first kappa shape index (κ1) is 13.5. The second kappa shape index (κ2) is 6.86. The first-order chi connectivity index (χ1) is 7.63. The van der Waals surface area contributed by atoms with E-state index in [2.05, 4.69) is 16.8 Å². The molecule has 1 heterocycles. The van der Waals surface area contributed by atoms with Gasteiger partial charge in [0.2, 0.25) is 0 Å². The smallest absolute Gasteiger partial charge is 0.309 e. The average Bonchev–Trinajstić information content (AvgIpc) is 2.44. The molecule has 0 aromatic heterocycles. The summed E-state index contributed by atoms with van der Waals surface area (Å²) in [6.07, 6.45) is 1.19. The quantitative estimate of drug-likeness (QED) is 0.667. The van der Waals surface area contributed by atoms with Crippen molar-refractivity contribution in [2.45, 2.75) is 20.3 Å². The van der Waals surface area contributed by atoms with Crippen LogP contribution in [-0.4, -0.2) is 62.1 Å². The maximum absolute atomic E-state index is 11.5. The van der Waals surface area contributed by atoms with Gasteiger partial charge in [0.05, 0.1) is 12.5 Å². The zero-order valence-electron chi connectivity index (χ0n) is 10.7. The third-order valence-corrected chi connectivity index (χ3v) is 3.03. The van der Waals surface area contributed by atoms with Crippen molar-refractivity contribution in [1.82, 2.24) is 9.80 Å². The molecule has 0 radical (unpaired) electrons. The summed E-state index contributed by atoms with van der Waals surface area (Å²) in [7, 11) is 2.15. The van der Waals surface area contributed by atoms with Gasteiger partial charge in [-0.2, -0.15) is 0 Å². The monoisotopic (exact) mass is 228 g/mol. The van der Waals surface area contributed by atoms with E-state index in [1.54, 1.807) is 0 Å². The van der Waals surface area contributed by atoms with Crippen molar-refractivity contribution < 1.29 is 9.53 Å². The van der Waals surface area contributed by atoms with Crippen LogP contribution in [0.25, 0.3) is 0 Å². The molecule has 1 rings (SSSR count). The number of carbonyl (C=O) groups excluding carboxylic acids is 1. The lowest BCUT2D eigenvalue weighted by molar-refractivity contribution is -0.148. The molecule has 0 bridgehead atoms. The minimum Gasteiger partial charge on any atom is -0.466 e. The van der Waals surface area contributed by atoms with Gasteiger partial charge >= 0.3 is 5.97 Å². The van der Waals surface area contributed by atoms with Crippen LogP contribution in [0.5, 0.6) is 0 Å². The molecule has 1 unspecified atom stereocenters. The SMILES string of the molecule is CCOC(=O)C(C)CN1CCCN(C)CC1. The zero-order valence-corrected chi connectivity index (χ0v) is 10.7. The molecular formula is C12H24N2O2. The fraction of sp³-hybridized carbons (Fsp3) is 0.917. The van der Waals surface area contributed by atoms with E-state index in [9.17, 15) is 4.79 Å². The molecule has 16 heavy (non-hydrogen) atoms. The van der Waals surface area contributed by atoms with Gasteiger partial charge in [0, 0.05) is 19.6 Å². The summed E-state index contributed by atoms with van der Waals surface area (Å²) in [5, 5.41) is 0. The van der Waals surface area contributed by atoms with E-state index >= 15 is 0 Å². The van der Waals surface area contributed by atoms with Crippen molar-refractivity contribution in [3.05, 3.63) is 0 Å². The topological polar surface area (TPSA) is 32.8 Å². The highest BCUT2D eigenvalue weighted by molar-refractivity contribution is 5.72. The van der Waals surface area contributed by atoms with Crippen molar-refractivity contribution in [3.63, 3.8) is 0 Å². The third kappa shape index (κ3) is 4.49. The lowest BCUT2D eigenvalue weighted by Gasteiger charge is -2.22. The molecule has 0 aromatic carbocycles. The van der Waals surface area contributed by atoms with Gasteiger partial charge in [-0.05, 0) is 33.5 Å². The van der Waals surface area contributed by atoms with E-state index < -0.39 is 0 Å². The van der Waals surface area contributed by atoms with E-state index in [0.717, 1.165) is 32.7 Å². The van der Waals surface area contributed by atoms with E-state index in [1.807, 2.05) is 13.8 Å². The van der Waals surface area contributed by atoms with Gasteiger partial charge in [-0.15, -0.1) is 0 Å². The van der Waals surface area contributed by atoms with E-state index in [0.29, 0.717) is 6.61 Å². The largest absolute Gasteiger partial charge is 0.466 e. The fourth-order valence-electron chi connectivity index (χ4n) is 2.03. The first-order valence-corrected chi connectivity index (χ1v) is 6.21. The Morgan fingerprint density at radius 1 is 1.31 bits per heavy atom. The van der Waals surface area contributed by atoms with Crippen LogP contribution >= 0.6 is 0 Å². The minimum atomic E-state index is -0.0694. The Hall–Kier alpha value is -0.610. The molecule has 0 spiro atoms. The first-order valence-electron chi connectivity index (χ1n) is 6.21. The number of ether oxygens (including phenoxy) is 1. The summed E-state index contributed by atoms with van der Waals surface area (Å²) < 4.78 is 5.02. The summed E-state index contributed by atoms with van der Waals surface area (Å²) in [5.41, 5.74) is 0. The Morgan fingerprint density at radius 3 is 2.75 bits per heavy atom. The van der Waals surface area contributed by atoms with Gasteiger partial charge < -0.3 is 14.5 Å². The van der Waals surface area contributed by atoms with Gasteiger partial charge in [-0.25, -0.2) is 0 Å². The lowest BCUT2D eigenvalue weighted by Crippen LogP contribution is -2.35. The Morgan fingerprint density at radius 2 is 2.06 bits per heavy atom. The Bertz CT molecular complexity index is 221. The average molecular weight is 228 g/mol. The summed E-state index contributed by atoms with van der Waals surface area (Å²) in [4.78, 5) is 16.2. The maximum atomic E-state index is 11.5. The van der Waals surface area contributed by atoms with Gasteiger partial charge in [0.15, 0.2) is 0 Å². The van der Waals surface area contributed by atoms with Crippen LogP contribution in [0.15, 0.2) is 0 Å². The molecule has 4 heteroatoms. The Kier molecular flexibility index (Phi) is 5.77. The van der Waals surface area contributed by atoms with Crippen molar-refractivity contribution in [2.24, 2.45) is 5.92 Å².